The van der Waals surface area contributed by atoms with Crippen LogP contribution in [0.2, 0.25) is 0 Å². The van der Waals surface area contributed by atoms with Crippen LogP contribution in [0.4, 0.5) is 4.79 Å². The zero-order valence-electron chi connectivity index (χ0n) is 16.9. The largest absolute Gasteiger partial charge is 0.493 e. The van der Waals surface area contributed by atoms with Crippen LogP contribution in [0.15, 0.2) is 12.1 Å². The van der Waals surface area contributed by atoms with Gasteiger partial charge in [-0.05, 0) is 54.9 Å². The average molecular weight is 376 g/mol. The van der Waals surface area contributed by atoms with Gasteiger partial charge in [-0.2, -0.15) is 0 Å². The van der Waals surface area contributed by atoms with Crippen LogP contribution in [0.3, 0.4) is 0 Å². The first-order valence-corrected chi connectivity index (χ1v) is 9.93. The first kappa shape index (κ1) is 19.8. The van der Waals surface area contributed by atoms with Crippen LogP contribution >= 0.6 is 0 Å². The molecule has 3 rings (SSSR count). The molecule has 1 aromatic rings. The Balaban J connectivity index is 1.86. The number of benzene rings is 1. The quantitative estimate of drug-likeness (QED) is 0.854. The molecule has 6 heteroatoms. The Labute approximate surface area is 162 Å². The molecule has 1 N–H and O–H groups in total. The number of amides is 2. The molecule has 6 nitrogen and oxygen atoms in total. The molecule has 0 radical (unpaired) electrons. The second-order valence-corrected chi connectivity index (χ2v) is 7.83. The Kier molecular flexibility index (Phi) is 6.47. The molecule has 1 atom stereocenters. The Morgan fingerprint density at radius 2 is 1.89 bits per heavy atom. The zero-order valence-corrected chi connectivity index (χ0v) is 16.9. The normalized spacial score (nSPS) is 20.3. The number of hydrogen-bond acceptors (Lipinski definition) is 4. The minimum Gasteiger partial charge on any atom is -0.493 e. The second-order valence-electron chi connectivity index (χ2n) is 7.83. The van der Waals surface area contributed by atoms with Crippen LogP contribution in [0, 0.1) is 5.92 Å². The summed E-state index contributed by atoms with van der Waals surface area (Å²) in [6.07, 6.45) is 3.52. The topological polar surface area (TPSA) is 60.0 Å². The van der Waals surface area contributed by atoms with Crippen LogP contribution in [-0.2, 0) is 11.2 Å². The van der Waals surface area contributed by atoms with Crippen molar-refractivity contribution < 1.29 is 19.0 Å². The van der Waals surface area contributed by atoms with Gasteiger partial charge in [0.25, 0.3) is 0 Å². The summed E-state index contributed by atoms with van der Waals surface area (Å²) in [6.45, 7) is 6.56. The van der Waals surface area contributed by atoms with E-state index < -0.39 is 0 Å². The van der Waals surface area contributed by atoms with Gasteiger partial charge in [0, 0.05) is 25.8 Å². The molecule has 1 aromatic carbocycles. The van der Waals surface area contributed by atoms with Crippen molar-refractivity contribution in [2.24, 2.45) is 5.92 Å². The lowest BCUT2D eigenvalue weighted by molar-refractivity contribution is 0.0762. The Hall–Kier alpha value is -1.95. The SMILES string of the molecule is COc1cc2c(cc1OC)C(CC(C)C)N(C(=O)NC1CCOCC1)CC2. The fourth-order valence-electron chi connectivity index (χ4n) is 4.07. The standard InChI is InChI=1S/C21H32N2O4/c1-14(2)11-18-17-13-20(26-4)19(25-3)12-15(17)5-8-23(18)21(24)22-16-6-9-27-10-7-16/h12-14,16,18H,5-11H2,1-4H3,(H,22,24). The van der Waals surface area contributed by atoms with Gasteiger partial charge in [0.15, 0.2) is 11.5 Å². The van der Waals surface area contributed by atoms with E-state index in [-0.39, 0.29) is 18.1 Å². The molecule has 0 spiro atoms. The van der Waals surface area contributed by atoms with Gasteiger partial charge in [-0.3, -0.25) is 0 Å². The zero-order chi connectivity index (χ0) is 19.4. The van der Waals surface area contributed by atoms with Crippen molar-refractivity contribution in [3.8, 4) is 11.5 Å². The summed E-state index contributed by atoms with van der Waals surface area (Å²) in [4.78, 5) is 15.1. The molecule has 1 saturated heterocycles. The van der Waals surface area contributed by atoms with Gasteiger partial charge >= 0.3 is 6.03 Å². The van der Waals surface area contributed by atoms with Crippen molar-refractivity contribution in [2.45, 2.75) is 51.6 Å². The maximum Gasteiger partial charge on any atom is 0.318 e. The predicted molar refractivity (Wildman–Crippen MR) is 105 cm³/mol. The van der Waals surface area contributed by atoms with E-state index in [9.17, 15) is 4.79 Å². The van der Waals surface area contributed by atoms with E-state index in [4.69, 9.17) is 14.2 Å². The average Bonchev–Trinajstić information content (AvgIpc) is 2.67. The van der Waals surface area contributed by atoms with Crippen LogP contribution in [-0.4, -0.2) is 51.0 Å². The van der Waals surface area contributed by atoms with Crippen molar-refractivity contribution in [1.82, 2.24) is 10.2 Å². The second kappa shape index (κ2) is 8.83. The molecule has 2 aliphatic rings. The molecular weight excluding hydrogens is 344 g/mol. The molecule has 0 aromatic heterocycles. The minimum absolute atomic E-state index is 0.0352. The maximum atomic E-state index is 13.1. The number of urea groups is 1. The highest BCUT2D eigenvalue weighted by atomic mass is 16.5. The van der Waals surface area contributed by atoms with Gasteiger partial charge in [0.1, 0.15) is 0 Å². The first-order valence-electron chi connectivity index (χ1n) is 9.93. The third-order valence-corrected chi connectivity index (χ3v) is 5.51. The van der Waals surface area contributed by atoms with Gasteiger partial charge in [-0.1, -0.05) is 13.8 Å². The lowest BCUT2D eigenvalue weighted by Gasteiger charge is -2.39. The molecule has 1 unspecified atom stereocenters. The summed E-state index contributed by atoms with van der Waals surface area (Å²) >= 11 is 0. The van der Waals surface area contributed by atoms with E-state index in [1.165, 1.54) is 11.1 Å². The van der Waals surface area contributed by atoms with E-state index in [2.05, 4.69) is 31.3 Å². The third kappa shape index (κ3) is 4.49. The number of ether oxygens (including phenoxy) is 3. The summed E-state index contributed by atoms with van der Waals surface area (Å²) < 4.78 is 16.4. The van der Waals surface area contributed by atoms with Crippen molar-refractivity contribution in [3.05, 3.63) is 23.3 Å². The molecular formula is C21H32N2O4. The van der Waals surface area contributed by atoms with Crippen LogP contribution in [0.5, 0.6) is 11.5 Å². The van der Waals surface area contributed by atoms with Crippen molar-refractivity contribution in [1.29, 1.82) is 0 Å². The molecule has 2 heterocycles. The van der Waals surface area contributed by atoms with Crippen LogP contribution in [0.25, 0.3) is 0 Å². The fraction of sp³-hybridized carbons (Fsp3) is 0.667. The minimum atomic E-state index is 0.0352. The van der Waals surface area contributed by atoms with Crippen LogP contribution < -0.4 is 14.8 Å². The number of nitrogens with zero attached hydrogens (tertiary/aromatic N) is 1. The molecule has 0 bridgehead atoms. The predicted octanol–water partition coefficient (Wildman–Crippen LogP) is 3.54. The number of hydrogen-bond donors (Lipinski definition) is 1. The summed E-state index contributed by atoms with van der Waals surface area (Å²) in [7, 11) is 3.31. The van der Waals surface area contributed by atoms with E-state index >= 15 is 0 Å². The number of methoxy groups -OCH3 is 2. The Morgan fingerprint density at radius 1 is 1.22 bits per heavy atom. The number of nitrogens with one attached hydrogen (secondary N) is 1. The monoisotopic (exact) mass is 376 g/mol. The van der Waals surface area contributed by atoms with Gasteiger partial charge in [0.05, 0.1) is 20.3 Å². The molecule has 2 amide bonds. The Bertz CT molecular complexity index is 656. The highest BCUT2D eigenvalue weighted by molar-refractivity contribution is 5.76. The summed E-state index contributed by atoms with van der Waals surface area (Å²) in [5.74, 6) is 1.95. The third-order valence-electron chi connectivity index (χ3n) is 5.51. The van der Waals surface area contributed by atoms with Crippen LogP contribution in [0.1, 0.15) is 50.3 Å². The van der Waals surface area contributed by atoms with E-state index in [0.717, 1.165) is 56.9 Å². The lowest BCUT2D eigenvalue weighted by Crippen LogP contribution is -2.50. The van der Waals surface area contributed by atoms with Gasteiger partial charge in [-0.15, -0.1) is 0 Å². The fourth-order valence-corrected chi connectivity index (χ4v) is 4.07. The molecule has 0 aliphatic carbocycles. The lowest BCUT2D eigenvalue weighted by atomic mass is 9.87. The van der Waals surface area contributed by atoms with E-state index in [0.29, 0.717) is 5.92 Å². The maximum absolute atomic E-state index is 13.1. The first-order chi connectivity index (χ1) is 13.0. The van der Waals surface area contributed by atoms with E-state index in [1.54, 1.807) is 14.2 Å². The summed E-state index contributed by atoms with van der Waals surface area (Å²) in [6, 6.07) is 4.41. The molecule has 150 valence electrons. The number of rotatable bonds is 5. The van der Waals surface area contributed by atoms with Crippen molar-refractivity contribution >= 4 is 6.03 Å². The smallest absolute Gasteiger partial charge is 0.318 e. The van der Waals surface area contributed by atoms with Crippen molar-refractivity contribution in [3.63, 3.8) is 0 Å². The summed E-state index contributed by atoms with van der Waals surface area (Å²) in [5, 5.41) is 3.22. The molecule has 27 heavy (non-hydrogen) atoms. The molecule has 1 fully saturated rings. The van der Waals surface area contributed by atoms with Gasteiger partial charge < -0.3 is 24.4 Å². The number of fused-ring (bicyclic) bond motifs is 1. The summed E-state index contributed by atoms with van der Waals surface area (Å²) in [5.41, 5.74) is 2.42. The highest BCUT2D eigenvalue weighted by Crippen LogP contribution is 2.40. The molecule has 2 aliphatic heterocycles. The molecule has 0 saturated carbocycles. The van der Waals surface area contributed by atoms with Crippen molar-refractivity contribution in [2.75, 3.05) is 34.0 Å². The van der Waals surface area contributed by atoms with Gasteiger partial charge in [-0.25, -0.2) is 4.79 Å². The van der Waals surface area contributed by atoms with E-state index in [1.807, 2.05) is 4.90 Å². The number of carbonyl (C=O) groups is 1. The van der Waals surface area contributed by atoms with Gasteiger partial charge in [0.2, 0.25) is 0 Å². The highest BCUT2D eigenvalue weighted by Gasteiger charge is 2.33. The number of carbonyl (C=O) groups excluding carboxylic acids is 1. The Morgan fingerprint density at radius 3 is 2.52 bits per heavy atom.